The van der Waals surface area contributed by atoms with Crippen LogP contribution in [0.5, 0.6) is 0 Å². The van der Waals surface area contributed by atoms with Gasteiger partial charge in [-0.2, -0.15) is 0 Å². The van der Waals surface area contributed by atoms with Crippen LogP contribution in [0.1, 0.15) is 40.4 Å². The summed E-state index contributed by atoms with van der Waals surface area (Å²) in [5.41, 5.74) is 1.61. The quantitative estimate of drug-likeness (QED) is 0.694. The van der Waals surface area contributed by atoms with Crippen LogP contribution >= 0.6 is 11.6 Å². The largest absolute Gasteiger partial charge is 0.444 e. The lowest BCUT2D eigenvalue weighted by Gasteiger charge is -2.45. The molecule has 1 saturated heterocycles. The molecule has 0 aromatic carbocycles. The predicted molar refractivity (Wildman–Crippen MR) is 115 cm³/mol. The van der Waals surface area contributed by atoms with Gasteiger partial charge in [-0.25, -0.2) is 9.78 Å². The van der Waals surface area contributed by atoms with Gasteiger partial charge in [-0.05, 0) is 34.6 Å². The van der Waals surface area contributed by atoms with Crippen molar-refractivity contribution in [1.82, 2.24) is 19.0 Å². The first-order chi connectivity index (χ1) is 13.4. The number of alkyl halides is 1. The van der Waals surface area contributed by atoms with Gasteiger partial charge < -0.3 is 19.1 Å². The molecule has 3 rings (SSSR count). The van der Waals surface area contributed by atoms with Gasteiger partial charge in [0.15, 0.2) is 0 Å². The lowest BCUT2D eigenvalue weighted by atomic mass is 10.1. The van der Waals surface area contributed by atoms with Crippen molar-refractivity contribution in [3.8, 4) is 0 Å². The fourth-order valence-electron chi connectivity index (χ4n) is 3.85. The van der Waals surface area contributed by atoms with E-state index in [9.17, 15) is 9.59 Å². The average molecular weight is 424 g/mol. The van der Waals surface area contributed by atoms with Gasteiger partial charge in [-0.3, -0.25) is 9.36 Å². The molecule has 0 aliphatic carbocycles. The summed E-state index contributed by atoms with van der Waals surface area (Å²) in [6.45, 7) is 10.7. The van der Waals surface area contributed by atoms with Gasteiger partial charge in [0.1, 0.15) is 22.6 Å². The first kappa shape index (κ1) is 21.5. The van der Waals surface area contributed by atoms with Gasteiger partial charge in [-0.1, -0.05) is 0 Å². The van der Waals surface area contributed by atoms with Gasteiger partial charge in [0.2, 0.25) is 0 Å². The van der Waals surface area contributed by atoms with E-state index in [0.717, 1.165) is 16.9 Å². The molecule has 0 spiro atoms. The van der Waals surface area contributed by atoms with E-state index in [-0.39, 0.29) is 29.6 Å². The molecule has 1 aliphatic heterocycles. The SMILES string of the molecule is C[C@@H]1CN(c2cc(=O)n(C)c3c2nc(CCl)n3C)[C@@H](C)CN1C(=O)OC(C)(C)C. The van der Waals surface area contributed by atoms with Crippen molar-refractivity contribution in [3.05, 3.63) is 22.2 Å². The number of fused-ring (bicyclic) bond motifs is 1. The zero-order valence-electron chi connectivity index (χ0n) is 18.2. The molecular weight excluding hydrogens is 394 g/mol. The van der Waals surface area contributed by atoms with E-state index >= 15 is 0 Å². The third kappa shape index (κ3) is 3.95. The molecule has 0 radical (unpaired) electrons. The number of halogens is 1. The summed E-state index contributed by atoms with van der Waals surface area (Å²) in [7, 11) is 3.60. The van der Waals surface area contributed by atoms with Crippen molar-refractivity contribution in [3.63, 3.8) is 0 Å². The molecule has 29 heavy (non-hydrogen) atoms. The molecule has 0 saturated carbocycles. The number of aromatic nitrogens is 3. The normalized spacial score (nSPS) is 20.4. The molecule has 1 aliphatic rings. The maximum Gasteiger partial charge on any atom is 0.410 e. The Morgan fingerprint density at radius 3 is 2.45 bits per heavy atom. The number of ether oxygens (including phenoxy) is 1. The Balaban J connectivity index is 1.99. The highest BCUT2D eigenvalue weighted by Gasteiger charge is 2.35. The smallest absolute Gasteiger partial charge is 0.410 e. The van der Waals surface area contributed by atoms with E-state index in [1.807, 2.05) is 46.2 Å². The van der Waals surface area contributed by atoms with Crippen LogP contribution in [0, 0.1) is 0 Å². The molecule has 1 fully saturated rings. The molecule has 9 heteroatoms. The molecule has 0 N–H and O–H groups in total. The Labute approximate surface area is 176 Å². The van der Waals surface area contributed by atoms with Crippen LogP contribution in [-0.2, 0) is 24.7 Å². The van der Waals surface area contributed by atoms with Crippen molar-refractivity contribution in [2.24, 2.45) is 14.1 Å². The summed E-state index contributed by atoms with van der Waals surface area (Å²) in [6.07, 6.45) is -0.312. The number of hydrogen-bond acceptors (Lipinski definition) is 5. The zero-order chi connectivity index (χ0) is 21.7. The van der Waals surface area contributed by atoms with E-state index in [2.05, 4.69) is 4.90 Å². The minimum Gasteiger partial charge on any atom is -0.444 e. The second-order valence-corrected chi connectivity index (χ2v) is 9.07. The number of pyridine rings is 1. The van der Waals surface area contributed by atoms with Crippen molar-refractivity contribution in [2.75, 3.05) is 18.0 Å². The van der Waals surface area contributed by atoms with Gasteiger partial charge >= 0.3 is 6.09 Å². The van der Waals surface area contributed by atoms with Gasteiger partial charge in [-0.15, -0.1) is 11.6 Å². The summed E-state index contributed by atoms with van der Waals surface area (Å²) < 4.78 is 9.01. The lowest BCUT2D eigenvalue weighted by Crippen LogP contribution is -2.59. The minimum atomic E-state index is -0.541. The third-order valence-corrected chi connectivity index (χ3v) is 5.59. The van der Waals surface area contributed by atoms with Crippen LogP contribution in [0.3, 0.4) is 0 Å². The number of carbonyl (C=O) groups is 1. The summed E-state index contributed by atoms with van der Waals surface area (Å²) in [4.78, 5) is 33.9. The van der Waals surface area contributed by atoms with Crippen molar-refractivity contribution in [1.29, 1.82) is 0 Å². The predicted octanol–water partition coefficient (Wildman–Crippen LogP) is 2.84. The van der Waals surface area contributed by atoms with E-state index < -0.39 is 5.60 Å². The van der Waals surface area contributed by atoms with E-state index in [1.165, 1.54) is 0 Å². The van der Waals surface area contributed by atoms with E-state index in [0.29, 0.717) is 18.9 Å². The molecule has 8 nitrogen and oxygen atoms in total. The van der Waals surface area contributed by atoms with Gasteiger partial charge in [0, 0.05) is 45.3 Å². The van der Waals surface area contributed by atoms with Crippen LogP contribution in [0.25, 0.3) is 11.2 Å². The summed E-state index contributed by atoms with van der Waals surface area (Å²) in [6, 6.07) is 1.55. The second-order valence-electron chi connectivity index (χ2n) is 8.80. The van der Waals surface area contributed by atoms with Crippen LogP contribution in [0.2, 0.25) is 0 Å². The average Bonchev–Trinajstić information content (AvgIpc) is 2.95. The van der Waals surface area contributed by atoms with Crippen molar-refractivity contribution >= 4 is 34.5 Å². The van der Waals surface area contributed by atoms with Crippen LogP contribution in [-0.4, -0.2) is 55.9 Å². The number of carbonyl (C=O) groups excluding carboxylic acids is 1. The monoisotopic (exact) mass is 423 g/mol. The van der Waals surface area contributed by atoms with Crippen LogP contribution in [0.4, 0.5) is 10.5 Å². The molecule has 2 atom stereocenters. The Morgan fingerprint density at radius 2 is 1.86 bits per heavy atom. The molecule has 160 valence electrons. The van der Waals surface area contributed by atoms with Crippen molar-refractivity contribution in [2.45, 2.75) is 58.2 Å². The molecule has 2 aromatic rings. The third-order valence-electron chi connectivity index (χ3n) is 5.35. The highest BCUT2D eigenvalue weighted by atomic mass is 35.5. The number of rotatable bonds is 2. The maximum absolute atomic E-state index is 12.6. The van der Waals surface area contributed by atoms with Crippen LogP contribution in [0.15, 0.2) is 10.9 Å². The Hall–Kier alpha value is -2.22. The number of nitrogens with zero attached hydrogens (tertiary/aromatic N) is 5. The van der Waals surface area contributed by atoms with Crippen LogP contribution < -0.4 is 10.5 Å². The molecule has 3 heterocycles. The summed E-state index contributed by atoms with van der Waals surface area (Å²) in [5.74, 6) is 0.967. The number of imidazole rings is 1. The zero-order valence-corrected chi connectivity index (χ0v) is 18.9. The number of hydrogen-bond donors (Lipinski definition) is 0. The molecule has 0 unspecified atom stereocenters. The molecule has 1 amide bonds. The Morgan fingerprint density at radius 1 is 1.21 bits per heavy atom. The number of aryl methyl sites for hydroxylation is 2. The standard InChI is InChI=1S/C20H30ClN5O3/c1-12-11-26(19(28)29-20(3,4)5)13(2)10-25(12)14-8-16(27)24(7)18-17(14)22-15(9-21)23(18)6/h8,12-13H,9-11H2,1-7H3/t12-,13+/m0/s1. The van der Waals surface area contributed by atoms with E-state index in [4.69, 9.17) is 21.3 Å². The Kier molecular flexibility index (Phi) is 5.60. The minimum absolute atomic E-state index is 0.00418. The fourth-order valence-corrected chi connectivity index (χ4v) is 4.09. The Bertz CT molecular complexity index is 991. The van der Waals surface area contributed by atoms with E-state index in [1.54, 1.807) is 22.6 Å². The second kappa shape index (κ2) is 7.55. The summed E-state index contributed by atoms with van der Waals surface area (Å²) in [5, 5.41) is 0. The highest BCUT2D eigenvalue weighted by Crippen LogP contribution is 2.30. The number of anilines is 1. The maximum atomic E-state index is 12.6. The molecule has 0 bridgehead atoms. The number of amides is 1. The highest BCUT2D eigenvalue weighted by molar-refractivity contribution is 6.16. The summed E-state index contributed by atoms with van der Waals surface area (Å²) >= 11 is 6.05. The van der Waals surface area contributed by atoms with Gasteiger partial charge in [0.25, 0.3) is 5.56 Å². The van der Waals surface area contributed by atoms with Gasteiger partial charge in [0.05, 0.1) is 11.6 Å². The molecule has 2 aromatic heterocycles. The fraction of sp³-hybridized carbons (Fsp3) is 0.650. The lowest BCUT2D eigenvalue weighted by molar-refractivity contribution is 0.0130. The first-order valence-electron chi connectivity index (χ1n) is 9.82. The topological polar surface area (TPSA) is 72.6 Å². The first-order valence-corrected chi connectivity index (χ1v) is 10.4. The van der Waals surface area contributed by atoms with Crippen molar-refractivity contribution < 1.29 is 9.53 Å². The molecular formula is C20H30ClN5O3. The number of piperazine rings is 1.